The molecule has 0 N–H and O–H groups in total. The molecule has 0 aliphatic carbocycles. The van der Waals surface area contributed by atoms with Crippen molar-refractivity contribution in [1.82, 2.24) is 0 Å². The zero-order chi connectivity index (χ0) is 13.6. The third-order valence-electron chi connectivity index (χ3n) is 3.60. The molecule has 102 valence electrons. The Morgan fingerprint density at radius 3 is 2.44 bits per heavy atom. The summed E-state index contributed by atoms with van der Waals surface area (Å²) in [7, 11) is 0. The predicted octanol–water partition coefficient (Wildman–Crippen LogP) is 5.60. The van der Waals surface area contributed by atoms with E-state index < -0.39 is 0 Å². The van der Waals surface area contributed by atoms with Crippen LogP contribution in [0.15, 0.2) is 18.2 Å². The van der Waals surface area contributed by atoms with Crippen LogP contribution in [0.1, 0.15) is 58.9 Å². The van der Waals surface area contributed by atoms with Crippen LogP contribution >= 0.6 is 11.6 Å². The zero-order valence-corrected chi connectivity index (χ0v) is 12.8. The number of rotatable bonds is 7. The Bertz CT molecular complexity index is 371. The molecule has 2 heteroatoms. The van der Waals surface area contributed by atoms with Gasteiger partial charge >= 0.3 is 0 Å². The number of benzene rings is 1. The second-order valence-corrected chi connectivity index (χ2v) is 5.85. The summed E-state index contributed by atoms with van der Waals surface area (Å²) in [6.07, 6.45) is 4.61. The molecule has 1 aromatic carbocycles. The van der Waals surface area contributed by atoms with E-state index in [-0.39, 0.29) is 5.41 Å². The lowest BCUT2D eigenvalue weighted by Crippen LogP contribution is -2.15. The Labute approximate surface area is 116 Å². The lowest BCUT2D eigenvalue weighted by molar-refractivity contribution is 0.306. The third kappa shape index (κ3) is 4.20. The van der Waals surface area contributed by atoms with E-state index in [4.69, 9.17) is 16.3 Å². The van der Waals surface area contributed by atoms with Gasteiger partial charge in [0.05, 0.1) is 11.6 Å². The lowest BCUT2D eigenvalue weighted by Gasteiger charge is -2.24. The van der Waals surface area contributed by atoms with E-state index in [0.717, 1.165) is 30.2 Å². The quantitative estimate of drug-likeness (QED) is 0.585. The molecule has 1 aromatic rings. The molecule has 0 saturated carbocycles. The summed E-state index contributed by atoms with van der Waals surface area (Å²) >= 11 is 6.28. The van der Waals surface area contributed by atoms with Gasteiger partial charge in [-0.1, -0.05) is 58.2 Å². The second-order valence-electron chi connectivity index (χ2n) is 5.44. The molecule has 0 saturated heterocycles. The van der Waals surface area contributed by atoms with E-state index in [1.54, 1.807) is 0 Å². The van der Waals surface area contributed by atoms with Crippen LogP contribution in [0.5, 0.6) is 5.75 Å². The fourth-order valence-corrected chi connectivity index (χ4v) is 2.01. The minimum absolute atomic E-state index is 0.171. The largest absolute Gasteiger partial charge is 0.492 e. The molecule has 0 radical (unpaired) electrons. The monoisotopic (exact) mass is 268 g/mol. The molecule has 0 aliphatic rings. The average molecular weight is 269 g/mol. The first kappa shape index (κ1) is 15.4. The van der Waals surface area contributed by atoms with Crippen molar-refractivity contribution >= 4 is 11.6 Å². The van der Waals surface area contributed by atoms with Crippen LogP contribution in [0.2, 0.25) is 5.02 Å². The molecular weight excluding hydrogens is 244 g/mol. The number of unbranched alkanes of at least 4 members (excludes halogenated alkanes) is 2. The Kier molecular flexibility index (Phi) is 6.01. The molecule has 0 bridgehead atoms. The van der Waals surface area contributed by atoms with Gasteiger partial charge in [-0.25, -0.2) is 0 Å². The van der Waals surface area contributed by atoms with Crippen molar-refractivity contribution in [2.24, 2.45) is 0 Å². The van der Waals surface area contributed by atoms with Gasteiger partial charge in [0, 0.05) is 0 Å². The highest BCUT2D eigenvalue weighted by Gasteiger charge is 2.19. The molecule has 0 aromatic heterocycles. The van der Waals surface area contributed by atoms with E-state index in [1.807, 2.05) is 12.1 Å². The number of hydrogen-bond donors (Lipinski definition) is 0. The lowest BCUT2D eigenvalue weighted by atomic mass is 9.82. The second kappa shape index (κ2) is 7.04. The van der Waals surface area contributed by atoms with Crippen molar-refractivity contribution in [2.45, 2.75) is 58.8 Å². The highest BCUT2D eigenvalue weighted by molar-refractivity contribution is 6.32. The molecule has 0 spiro atoms. The van der Waals surface area contributed by atoms with E-state index in [2.05, 4.69) is 33.8 Å². The van der Waals surface area contributed by atoms with Crippen LogP contribution < -0.4 is 4.74 Å². The molecule has 0 atom stereocenters. The summed E-state index contributed by atoms with van der Waals surface area (Å²) in [6, 6.07) is 6.17. The predicted molar refractivity (Wildman–Crippen MR) is 79.8 cm³/mol. The topological polar surface area (TPSA) is 9.23 Å². The summed E-state index contributed by atoms with van der Waals surface area (Å²) < 4.78 is 5.71. The zero-order valence-electron chi connectivity index (χ0n) is 12.1. The van der Waals surface area contributed by atoms with Crippen molar-refractivity contribution in [3.8, 4) is 5.75 Å². The van der Waals surface area contributed by atoms with Gasteiger partial charge in [-0.15, -0.1) is 0 Å². The molecule has 0 unspecified atom stereocenters. The summed E-state index contributed by atoms with van der Waals surface area (Å²) in [6.45, 7) is 9.61. The summed E-state index contributed by atoms with van der Waals surface area (Å²) in [5.74, 6) is 0.809. The number of ether oxygens (including phenoxy) is 1. The molecule has 0 aliphatic heterocycles. The first-order valence-corrected chi connectivity index (χ1v) is 7.32. The van der Waals surface area contributed by atoms with Crippen LogP contribution in [0.3, 0.4) is 0 Å². The maximum absolute atomic E-state index is 6.28. The van der Waals surface area contributed by atoms with Crippen molar-refractivity contribution in [2.75, 3.05) is 6.61 Å². The summed E-state index contributed by atoms with van der Waals surface area (Å²) in [5, 5.41) is 0.727. The summed E-state index contributed by atoms with van der Waals surface area (Å²) in [4.78, 5) is 0. The van der Waals surface area contributed by atoms with Gasteiger partial charge in [0.2, 0.25) is 0 Å². The first-order valence-electron chi connectivity index (χ1n) is 6.94. The third-order valence-corrected chi connectivity index (χ3v) is 3.90. The molecule has 1 nitrogen and oxygen atoms in total. The van der Waals surface area contributed by atoms with E-state index in [9.17, 15) is 0 Å². The normalized spacial score (nSPS) is 11.6. The van der Waals surface area contributed by atoms with Crippen LogP contribution in [0.4, 0.5) is 0 Å². The van der Waals surface area contributed by atoms with E-state index in [0.29, 0.717) is 0 Å². The fourth-order valence-electron chi connectivity index (χ4n) is 1.78. The fraction of sp³-hybridized carbons (Fsp3) is 0.625. The maximum atomic E-state index is 6.28. The summed E-state index contributed by atoms with van der Waals surface area (Å²) in [5.41, 5.74) is 1.45. The molecule has 18 heavy (non-hydrogen) atoms. The molecule has 1 rings (SSSR count). The van der Waals surface area contributed by atoms with Gasteiger partial charge in [-0.3, -0.25) is 0 Å². The minimum atomic E-state index is 0.171. The maximum Gasteiger partial charge on any atom is 0.137 e. The van der Waals surface area contributed by atoms with Gasteiger partial charge in [0.1, 0.15) is 5.75 Å². The van der Waals surface area contributed by atoms with Gasteiger partial charge in [-0.05, 0) is 36.0 Å². The number of halogens is 1. The average Bonchev–Trinajstić information content (AvgIpc) is 2.36. The minimum Gasteiger partial charge on any atom is -0.492 e. The Hall–Kier alpha value is -0.690. The van der Waals surface area contributed by atoms with Gasteiger partial charge in [0.15, 0.2) is 0 Å². The Morgan fingerprint density at radius 2 is 1.89 bits per heavy atom. The van der Waals surface area contributed by atoms with Crippen LogP contribution in [0.25, 0.3) is 0 Å². The van der Waals surface area contributed by atoms with Crippen LogP contribution in [-0.2, 0) is 5.41 Å². The molecule has 0 amide bonds. The van der Waals surface area contributed by atoms with Gasteiger partial charge in [-0.2, -0.15) is 0 Å². The van der Waals surface area contributed by atoms with Crippen molar-refractivity contribution < 1.29 is 4.74 Å². The Balaban J connectivity index is 2.68. The van der Waals surface area contributed by atoms with E-state index >= 15 is 0 Å². The highest BCUT2D eigenvalue weighted by atomic mass is 35.5. The van der Waals surface area contributed by atoms with Gasteiger partial charge < -0.3 is 4.74 Å². The first-order chi connectivity index (χ1) is 8.51. The Morgan fingerprint density at radius 1 is 1.17 bits per heavy atom. The number of hydrogen-bond acceptors (Lipinski definition) is 1. The van der Waals surface area contributed by atoms with Crippen molar-refractivity contribution in [3.63, 3.8) is 0 Å². The standard InChI is InChI=1S/C16H25ClO/c1-5-7-8-11-18-15-10-9-13(12-14(15)17)16(3,4)6-2/h9-10,12H,5-8,11H2,1-4H3. The molecular formula is C16H25ClO. The molecule has 0 heterocycles. The SMILES string of the molecule is CCCCCOc1ccc(C(C)(C)CC)cc1Cl. The van der Waals surface area contributed by atoms with E-state index in [1.165, 1.54) is 18.4 Å². The van der Waals surface area contributed by atoms with Gasteiger partial charge in [0.25, 0.3) is 0 Å². The van der Waals surface area contributed by atoms with Crippen LogP contribution in [0, 0.1) is 0 Å². The highest BCUT2D eigenvalue weighted by Crippen LogP contribution is 2.33. The van der Waals surface area contributed by atoms with Crippen LogP contribution in [-0.4, -0.2) is 6.61 Å². The van der Waals surface area contributed by atoms with Crippen molar-refractivity contribution in [3.05, 3.63) is 28.8 Å². The molecule has 0 fully saturated rings. The van der Waals surface area contributed by atoms with Crippen molar-refractivity contribution in [1.29, 1.82) is 0 Å². The smallest absolute Gasteiger partial charge is 0.137 e.